The van der Waals surface area contributed by atoms with Gasteiger partial charge in [-0.25, -0.2) is 4.98 Å². The standard InChI is InChI=1S/C14H18N2O/c1-11-6-8-16(9-7-11)10-14-15-12-4-2-3-5-13(12)17-14/h2-5,11H,6-10H2,1H3. The first-order valence-electron chi connectivity index (χ1n) is 6.38. The molecule has 2 aromatic rings. The van der Waals surface area contributed by atoms with Gasteiger partial charge in [0.25, 0.3) is 0 Å². The normalized spacial score (nSPS) is 18.9. The lowest BCUT2D eigenvalue weighted by atomic mass is 9.99. The number of rotatable bonds is 2. The Morgan fingerprint density at radius 3 is 2.82 bits per heavy atom. The van der Waals surface area contributed by atoms with Gasteiger partial charge in [-0.1, -0.05) is 19.1 Å². The summed E-state index contributed by atoms with van der Waals surface area (Å²) in [5.74, 6) is 1.72. The van der Waals surface area contributed by atoms with E-state index < -0.39 is 0 Å². The van der Waals surface area contributed by atoms with E-state index >= 15 is 0 Å². The molecule has 17 heavy (non-hydrogen) atoms. The molecule has 0 unspecified atom stereocenters. The second-order valence-corrected chi connectivity index (χ2v) is 5.03. The second-order valence-electron chi connectivity index (χ2n) is 5.03. The highest BCUT2D eigenvalue weighted by Crippen LogP contribution is 2.20. The van der Waals surface area contributed by atoms with Crippen molar-refractivity contribution in [2.75, 3.05) is 13.1 Å². The molecule has 0 bridgehead atoms. The van der Waals surface area contributed by atoms with Gasteiger partial charge in [0, 0.05) is 0 Å². The fourth-order valence-electron chi connectivity index (χ4n) is 2.40. The van der Waals surface area contributed by atoms with Gasteiger partial charge >= 0.3 is 0 Å². The third kappa shape index (κ3) is 2.34. The smallest absolute Gasteiger partial charge is 0.209 e. The van der Waals surface area contributed by atoms with Gasteiger partial charge < -0.3 is 4.42 Å². The highest BCUT2D eigenvalue weighted by molar-refractivity contribution is 5.72. The lowest BCUT2D eigenvalue weighted by molar-refractivity contribution is 0.172. The molecule has 90 valence electrons. The zero-order chi connectivity index (χ0) is 11.7. The molecule has 1 aliphatic heterocycles. The van der Waals surface area contributed by atoms with Gasteiger partial charge in [0.2, 0.25) is 5.89 Å². The molecule has 0 spiro atoms. The Balaban J connectivity index is 1.72. The molecule has 0 radical (unpaired) electrons. The Hall–Kier alpha value is -1.35. The van der Waals surface area contributed by atoms with Crippen molar-refractivity contribution in [3.8, 4) is 0 Å². The molecule has 2 heterocycles. The maximum absolute atomic E-state index is 5.74. The molecule has 1 saturated heterocycles. The number of hydrogen-bond acceptors (Lipinski definition) is 3. The summed E-state index contributed by atoms with van der Waals surface area (Å²) in [5, 5.41) is 0. The Labute approximate surface area is 101 Å². The molecule has 0 aliphatic carbocycles. The average molecular weight is 230 g/mol. The summed E-state index contributed by atoms with van der Waals surface area (Å²) in [5.41, 5.74) is 1.86. The van der Waals surface area contributed by atoms with Crippen LogP contribution in [0, 0.1) is 5.92 Å². The lowest BCUT2D eigenvalue weighted by Gasteiger charge is -2.28. The zero-order valence-electron chi connectivity index (χ0n) is 10.2. The van der Waals surface area contributed by atoms with Crippen LogP contribution in [0.3, 0.4) is 0 Å². The number of fused-ring (bicyclic) bond motifs is 1. The van der Waals surface area contributed by atoms with Gasteiger partial charge in [0.05, 0.1) is 6.54 Å². The molecular weight excluding hydrogens is 212 g/mol. The van der Waals surface area contributed by atoms with Crippen molar-refractivity contribution in [1.29, 1.82) is 0 Å². The third-order valence-electron chi connectivity index (χ3n) is 3.57. The molecule has 0 atom stereocenters. The van der Waals surface area contributed by atoms with Gasteiger partial charge in [-0.05, 0) is 44.0 Å². The number of aromatic nitrogens is 1. The second kappa shape index (κ2) is 4.49. The van der Waals surface area contributed by atoms with Crippen LogP contribution in [0.25, 0.3) is 11.1 Å². The van der Waals surface area contributed by atoms with Crippen LogP contribution in [0.4, 0.5) is 0 Å². The lowest BCUT2D eigenvalue weighted by Crippen LogP contribution is -2.32. The van der Waals surface area contributed by atoms with Crippen molar-refractivity contribution >= 4 is 11.1 Å². The van der Waals surface area contributed by atoms with Crippen LogP contribution in [0.1, 0.15) is 25.7 Å². The monoisotopic (exact) mass is 230 g/mol. The minimum Gasteiger partial charge on any atom is -0.439 e. The summed E-state index contributed by atoms with van der Waals surface area (Å²) in [7, 11) is 0. The first-order valence-corrected chi connectivity index (χ1v) is 6.38. The van der Waals surface area contributed by atoms with Gasteiger partial charge in [-0.3, -0.25) is 4.90 Å². The van der Waals surface area contributed by atoms with Crippen LogP contribution in [0.2, 0.25) is 0 Å². The molecule has 1 aromatic carbocycles. The van der Waals surface area contributed by atoms with Crippen LogP contribution in [0.15, 0.2) is 28.7 Å². The molecule has 1 aromatic heterocycles. The first kappa shape index (κ1) is 10.8. The summed E-state index contributed by atoms with van der Waals surface area (Å²) in [6.07, 6.45) is 2.58. The van der Waals surface area contributed by atoms with Gasteiger partial charge in [-0.15, -0.1) is 0 Å². The molecular formula is C14H18N2O. The number of nitrogens with zero attached hydrogens (tertiary/aromatic N) is 2. The molecule has 1 aliphatic rings. The number of hydrogen-bond donors (Lipinski definition) is 0. The Morgan fingerprint density at radius 1 is 1.29 bits per heavy atom. The van der Waals surface area contributed by atoms with Gasteiger partial charge in [-0.2, -0.15) is 0 Å². The predicted molar refractivity (Wildman–Crippen MR) is 67.7 cm³/mol. The molecule has 3 rings (SSSR count). The van der Waals surface area contributed by atoms with Crippen molar-refractivity contribution in [1.82, 2.24) is 9.88 Å². The van der Waals surface area contributed by atoms with E-state index in [-0.39, 0.29) is 0 Å². The summed E-state index contributed by atoms with van der Waals surface area (Å²) in [6, 6.07) is 7.96. The van der Waals surface area contributed by atoms with E-state index in [9.17, 15) is 0 Å². The molecule has 0 saturated carbocycles. The van der Waals surface area contributed by atoms with E-state index in [2.05, 4.69) is 16.8 Å². The predicted octanol–water partition coefficient (Wildman–Crippen LogP) is 3.06. The summed E-state index contributed by atoms with van der Waals surface area (Å²) < 4.78 is 5.74. The molecule has 1 fully saturated rings. The van der Waals surface area contributed by atoms with Crippen LogP contribution in [-0.4, -0.2) is 23.0 Å². The maximum Gasteiger partial charge on any atom is 0.209 e. The van der Waals surface area contributed by atoms with E-state index in [4.69, 9.17) is 4.42 Å². The average Bonchev–Trinajstić information content (AvgIpc) is 2.74. The van der Waals surface area contributed by atoms with E-state index in [0.29, 0.717) is 0 Å². The van der Waals surface area contributed by atoms with Crippen molar-refractivity contribution in [2.24, 2.45) is 5.92 Å². The third-order valence-corrected chi connectivity index (χ3v) is 3.57. The minimum absolute atomic E-state index is 0.848. The Bertz CT molecular complexity index is 465. The Kier molecular flexibility index (Phi) is 2.85. The number of benzene rings is 1. The summed E-state index contributed by atoms with van der Waals surface area (Å²) in [6.45, 7) is 5.51. The van der Waals surface area contributed by atoms with E-state index in [1.54, 1.807) is 0 Å². The largest absolute Gasteiger partial charge is 0.439 e. The number of likely N-dealkylation sites (tertiary alicyclic amines) is 1. The number of oxazole rings is 1. The van der Waals surface area contributed by atoms with Crippen LogP contribution in [0.5, 0.6) is 0 Å². The highest BCUT2D eigenvalue weighted by atomic mass is 16.3. The fourth-order valence-corrected chi connectivity index (χ4v) is 2.40. The minimum atomic E-state index is 0.848. The maximum atomic E-state index is 5.74. The molecule has 0 N–H and O–H groups in total. The van der Waals surface area contributed by atoms with Gasteiger partial charge in [0.1, 0.15) is 5.52 Å². The SMILES string of the molecule is CC1CCN(Cc2nc3ccccc3o2)CC1. The van der Waals surface area contributed by atoms with Crippen molar-refractivity contribution in [2.45, 2.75) is 26.3 Å². The molecule has 3 heteroatoms. The van der Waals surface area contributed by atoms with Crippen molar-refractivity contribution in [3.63, 3.8) is 0 Å². The number of para-hydroxylation sites is 2. The fraction of sp³-hybridized carbons (Fsp3) is 0.500. The highest BCUT2D eigenvalue weighted by Gasteiger charge is 2.17. The number of piperidine rings is 1. The van der Waals surface area contributed by atoms with E-state index in [0.717, 1.165) is 29.5 Å². The quantitative estimate of drug-likeness (QED) is 0.794. The first-order chi connectivity index (χ1) is 8.31. The van der Waals surface area contributed by atoms with E-state index in [1.807, 2.05) is 24.3 Å². The zero-order valence-corrected chi connectivity index (χ0v) is 10.2. The molecule has 3 nitrogen and oxygen atoms in total. The van der Waals surface area contributed by atoms with E-state index in [1.165, 1.54) is 25.9 Å². The topological polar surface area (TPSA) is 29.3 Å². The van der Waals surface area contributed by atoms with Gasteiger partial charge in [0.15, 0.2) is 5.58 Å². The van der Waals surface area contributed by atoms with Crippen LogP contribution < -0.4 is 0 Å². The van der Waals surface area contributed by atoms with Crippen LogP contribution >= 0.6 is 0 Å². The van der Waals surface area contributed by atoms with Crippen molar-refractivity contribution in [3.05, 3.63) is 30.2 Å². The molecule has 0 amide bonds. The van der Waals surface area contributed by atoms with Crippen LogP contribution in [-0.2, 0) is 6.54 Å². The Morgan fingerprint density at radius 2 is 2.06 bits per heavy atom. The summed E-state index contributed by atoms with van der Waals surface area (Å²) >= 11 is 0. The van der Waals surface area contributed by atoms with Crippen molar-refractivity contribution < 1.29 is 4.42 Å². The summed E-state index contributed by atoms with van der Waals surface area (Å²) in [4.78, 5) is 6.95.